The maximum absolute atomic E-state index is 12.5. The molecule has 0 saturated heterocycles. The normalized spacial score (nSPS) is 11.2. The summed E-state index contributed by atoms with van der Waals surface area (Å²) in [6.45, 7) is -1.01. The molecule has 2 nitrogen and oxygen atoms in total. The third kappa shape index (κ3) is 2.42. The Morgan fingerprint density at radius 1 is 1.24 bits per heavy atom. The summed E-state index contributed by atoms with van der Waals surface area (Å²) >= 11 is 11.8. The minimum absolute atomic E-state index is 0.411. The summed E-state index contributed by atoms with van der Waals surface area (Å²) in [7, 11) is 0. The lowest BCUT2D eigenvalue weighted by molar-refractivity contribution is 0.0563. The Morgan fingerprint density at radius 3 is 2.47 bits per heavy atom. The zero-order chi connectivity index (χ0) is 12.6. The van der Waals surface area contributed by atoms with Crippen LogP contribution in [0.1, 0.15) is 12.2 Å². The van der Waals surface area contributed by atoms with Gasteiger partial charge in [0.05, 0.1) is 5.69 Å². The van der Waals surface area contributed by atoms with Crippen LogP contribution in [0.5, 0.6) is 0 Å². The molecule has 2 rings (SSSR count). The van der Waals surface area contributed by atoms with E-state index >= 15 is 0 Å². The zero-order valence-electron chi connectivity index (χ0n) is 8.79. The molecule has 0 atom stereocenters. The van der Waals surface area contributed by atoms with Gasteiger partial charge >= 0.3 is 6.55 Å². The van der Waals surface area contributed by atoms with Gasteiger partial charge in [-0.2, -0.15) is 13.9 Å². The van der Waals surface area contributed by atoms with Crippen molar-refractivity contribution >= 4 is 23.2 Å². The fourth-order valence-corrected chi connectivity index (χ4v) is 2.06. The second kappa shape index (κ2) is 4.63. The molecule has 90 valence electrons. The molecule has 0 unspecified atom stereocenters. The summed E-state index contributed by atoms with van der Waals surface area (Å²) in [6, 6.07) is 4.91. The molecule has 0 aliphatic carbocycles. The molecule has 0 N–H and O–H groups in total. The maximum Gasteiger partial charge on any atom is 0.333 e. The third-order valence-electron chi connectivity index (χ3n) is 2.34. The average molecular weight is 277 g/mol. The summed E-state index contributed by atoms with van der Waals surface area (Å²) in [6.07, 6.45) is 1.27. The molecule has 0 aliphatic heterocycles. The SMILES string of the molecule is Cc1nn(C(F)F)cc1-c1ccc(Cl)cc1Cl. The van der Waals surface area contributed by atoms with Gasteiger partial charge in [0.1, 0.15) is 0 Å². The molecule has 0 fully saturated rings. The average Bonchev–Trinajstić information content (AvgIpc) is 2.61. The summed E-state index contributed by atoms with van der Waals surface area (Å²) in [5.74, 6) is 0. The number of alkyl halides is 2. The quantitative estimate of drug-likeness (QED) is 0.786. The number of halogens is 4. The number of aryl methyl sites for hydroxylation is 1. The Bertz CT molecular complexity index is 552. The lowest BCUT2D eigenvalue weighted by Crippen LogP contribution is -1.97. The van der Waals surface area contributed by atoms with E-state index in [0.29, 0.717) is 31.5 Å². The van der Waals surface area contributed by atoms with Crippen LogP contribution in [0, 0.1) is 6.92 Å². The lowest BCUT2D eigenvalue weighted by atomic mass is 10.1. The number of hydrogen-bond acceptors (Lipinski definition) is 1. The number of rotatable bonds is 2. The van der Waals surface area contributed by atoms with E-state index in [1.54, 1.807) is 25.1 Å². The molecule has 6 heteroatoms. The highest BCUT2D eigenvalue weighted by Gasteiger charge is 2.14. The lowest BCUT2D eigenvalue weighted by Gasteiger charge is -2.02. The van der Waals surface area contributed by atoms with E-state index < -0.39 is 6.55 Å². The standard InChI is InChI=1S/C11H8Cl2F2N2/c1-6-9(5-17(16-6)11(14)15)8-3-2-7(12)4-10(8)13/h2-5,11H,1H3. The van der Waals surface area contributed by atoms with Gasteiger partial charge in [0, 0.05) is 27.4 Å². The molecule has 0 saturated carbocycles. The summed E-state index contributed by atoms with van der Waals surface area (Å²) in [4.78, 5) is 0. The maximum atomic E-state index is 12.5. The molecular formula is C11H8Cl2F2N2. The molecule has 0 spiro atoms. The molecule has 2 aromatic rings. The second-order valence-corrected chi connectivity index (χ2v) is 4.35. The van der Waals surface area contributed by atoms with Gasteiger partial charge in [0.25, 0.3) is 0 Å². The molecule has 0 bridgehead atoms. The van der Waals surface area contributed by atoms with Crippen molar-refractivity contribution in [1.29, 1.82) is 0 Å². The first-order valence-electron chi connectivity index (χ1n) is 4.78. The van der Waals surface area contributed by atoms with Crippen molar-refractivity contribution in [2.24, 2.45) is 0 Å². The van der Waals surface area contributed by atoms with E-state index in [2.05, 4.69) is 5.10 Å². The first-order chi connectivity index (χ1) is 7.99. The van der Waals surface area contributed by atoms with Crippen molar-refractivity contribution in [3.05, 3.63) is 40.1 Å². The minimum atomic E-state index is -2.66. The van der Waals surface area contributed by atoms with Crippen LogP contribution in [0.4, 0.5) is 8.78 Å². The van der Waals surface area contributed by atoms with Crippen LogP contribution >= 0.6 is 23.2 Å². The van der Waals surface area contributed by atoms with E-state index in [0.717, 1.165) is 0 Å². The topological polar surface area (TPSA) is 17.8 Å². The van der Waals surface area contributed by atoms with Crippen LogP contribution in [-0.2, 0) is 0 Å². The first kappa shape index (κ1) is 12.3. The van der Waals surface area contributed by atoms with Gasteiger partial charge in [-0.15, -0.1) is 0 Å². The largest absolute Gasteiger partial charge is 0.333 e. The van der Waals surface area contributed by atoms with Crippen LogP contribution < -0.4 is 0 Å². The van der Waals surface area contributed by atoms with E-state index in [4.69, 9.17) is 23.2 Å². The fourth-order valence-electron chi connectivity index (χ4n) is 1.55. The number of hydrogen-bond donors (Lipinski definition) is 0. The minimum Gasteiger partial charge on any atom is -0.211 e. The van der Waals surface area contributed by atoms with Crippen LogP contribution in [0.3, 0.4) is 0 Å². The highest BCUT2D eigenvalue weighted by Crippen LogP contribution is 2.32. The van der Waals surface area contributed by atoms with Crippen LogP contribution in [0.15, 0.2) is 24.4 Å². The Kier molecular flexibility index (Phi) is 3.35. The van der Waals surface area contributed by atoms with Crippen molar-refractivity contribution in [2.45, 2.75) is 13.5 Å². The van der Waals surface area contributed by atoms with Crippen molar-refractivity contribution in [3.8, 4) is 11.1 Å². The van der Waals surface area contributed by atoms with E-state index in [1.807, 2.05) is 0 Å². The number of aromatic nitrogens is 2. The second-order valence-electron chi connectivity index (χ2n) is 3.51. The van der Waals surface area contributed by atoms with Gasteiger partial charge in [-0.1, -0.05) is 29.3 Å². The molecule has 17 heavy (non-hydrogen) atoms. The summed E-state index contributed by atoms with van der Waals surface area (Å²) in [5, 5.41) is 4.63. The molecule has 1 heterocycles. The van der Waals surface area contributed by atoms with E-state index in [9.17, 15) is 8.78 Å². The molecule has 0 aliphatic rings. The molecular weight excluding hydrogens is 269 g/mol. The van der Waals surface area contributed by atoms with Crippen molar-refractivity contribution in [3.63, 3.8) is 0 Å². The number of nitrogens with zero attached hydrogens (tertiary/aromatic N) is 2. The monoisotopic (exact) mass is 276 g/mol. The molecule has 0 amide bonds. The zero-order valence-corrected chi connectivity index (χ0v) is 10.3. The van der Waals surface area contributed by atoms with Crippen molar-refractivity contribution < 1.29 is 8.78 Å². The molecule has 1 aromatic heterocycles. The third-order valence-corrected chi connectivity index (χ3v) is 2.89. The van der Waals surface area contributed by atoms with Crippen LogP contribution in [0.2, 0.25) is 10.0 Å². The fraction of sp³-hybridized carbons (Fsp3) is 0.182. The van der Waals surface area contributed by atoms with E-state index in [-0.39, 0.29) is 0 Å². The van der Waals surface area contributed by atoms with Gasteiger partial charge in [-0.05, 0) is 19.1 Å². The Hall–Kier alpha value is -1.13. The van der Waals surface area contributed by atoms with Gasteiger partial charge in [0.15, 0.2) is 0 Å². The Morgan fingerprint density at radius 2 is 1.94 bits per heavy atom. The number of benzene rings is 1. The van der Waals surface area contributed by atoms with Crippen molar-refractivity contribution in [1.82, 2.24) is 9.78 Å². The first-order valence-corrected chi connectivity index (χ1v) is 5.54. The molecule has 1 aromatic carbocycles. The highest BCUT2D eigenvalue weighted by atomic mass is 35.5. The van der Waals surface area contributed by atoms with Gasteiger partial charge < -0.3 is 0 Å². The van der Waals surface area contributed by atoms with Crippen LogP contribution in [0.25, 0.3) is 11.1 Å². The highest BCUT2D eigenvalue weighted by molar-refractivity contribution is 6.36. The Labute approximate surface area is 107 Å². The van der Waals surface area contributed by atoms with Crippen LogP contribution in [-0.4, -0.2) is 9.78 Å². The predicted molar refractivity (Wildman–Crippen MR) is 63.7 cm³/mol. The van der Waals surface area contributed by atoms with E-state index in [1.165, 1.54) is 6.20 Å². The predicted octanol–water partition coefficient (Wildman–Crippen LogP) is 4.56. The Balaban J connectivity index is 2.52. The summed E-state index contributed by atoms with van der Waals surface area (Å²) in [5.41, 5.74) is 1.71. The smallest absolute Gasteiger partial charge is 0.211 e. The summed E-state index contributed by atoms with van der Waals surface area (Å²) < 4.78 is 25.6. The van der Waals surface area contributed by atoms with Gasteiger partial charge in [-0.25, -0.2) is 4.68 Å². The molecule has 0 radical (unpaired) electrons. The van der Waals surface area contributed by atoms with Crippen molar-refractivity contribution in [2.75, 3.05) is 0 Å². The van der Waals surface area contributed by atoms with Gasteiger partial charge in [-0.3, -0.25) is 0 Å². The van der Waals surface area contributed by atoms with Gasteiger partial charge in [0.2, 0.25) is 0 Å².